The van der Waals surface area contributed by atoms with Crippen molar-refractivity contribution in [1.29, 1.82) is 0 Å². The number of Topliss-reactive ketones (excluding diaryl/α,β-unsaturated/α-hetero) is 1. The van der Waals surface area contributed by atoms with Crippen molar-refractivity contribution in [2.75, 3.05) is 25.3 Å². The van der Waals surface area contributed by atoms with Crippen LogP contribution in [0.3, 0.4) is 0 Å². The number of ether oxygens (including phenoxy) is 3. The van der Waals surface area contributed by atoms with Crippen molar-refractivity contribution < 1.29 is 33.4 Å². The molecule has 2 aromatic rings. The number of methoxy groups -OCH3 is 2. The van der Waals surface area contributed by atoms with Gasteiger partial charge in [-0.05, 0) is 17.7 Å². The Kier molecular flexibility index (Phi) is 7.82. The fraction of sp³-hybridized carbons (Fsp3) is 0.280. The van der Waals surface area contributed by atoms with E-state index >= 15 is 0 Å². The summed E-state index contributed by atoms with van der Waals surface area (Å²) in [6.45, 7) is -0.0747. The maximum atomic E-state index is 13.4. The third-order valence-corrected chi connectivity index (χ3v) is 7.66. The summed E-state index contributed by atoms with van der Waals surface area (Å²) in [5.74, 6) is -1.55. The Balaban J connectivity index is 1.67. The number of thioether (sulfide) groups is 1. The fourth-order valence-electron chi connectivity index (χ4n) is 3.99. The number of hydrogen-bond acceptors (Lipinski definition) is 8. The van der Waals surface area contributed by atoms with Gasteiger partial charge in [0.1, 0.15) is 23.4 Å². The zero-order valence-electron chi connectivity index (χ0n) is 19.5. The molecule has 1 saturated heterocycles. The van der Waals surface area contributed by atoms with Crippen molar-refractivity contribution in [1.82, 2.24) is 10.2 Å². The first-order valence-electron chi connectivity index (χ1n) is 10.9. The van der Waals surface area contributed by atoms with Gasteiger partial charge in [-0.3, -0.25) is 19.3 Å². The van der Waals surface area contributed by atoms with Gasteiger partial charge in [0.05, 0.1) is 12.4 Å². The SMILES string of the molecule is COc1ccc(COC(=O)C2=C(C(=O)c3ccccc3)CS[C@@H]3N2C(=O)C3(NC(=O)CBr)OC)cc1. The number of hydrogen-bond donors (Lipinski definition) is 1. The molecule has 0 bridgehead atoms. The second-order valence-electron chi connectivity index (χ2n) is 7.91. The van der Waals surface area contributed by atoms with E-state index in [2.05, 4.69) is 21.2 Å². The maximum Gasteiger partial charge on any atom is 0.355 e. The monoisotopic (exact) mass is 574 g/mol. The normalized spacial score (nSPS) is 20.8. The highest BCUT2D eigenvalue weighted by Gasteiger charge is 2.67. The summed E-state index contributed by atoms with van der Waals surface area (Å²) in [7, 11) is 2.86. The molecule has 2 aliphatic rings. The van der Waals surface area contributed by atoms with Gasteiger partial charge in [-0.25, -0.2) is 4.79 Å². The fourth-order valence-corrected chi connectivity index (χ4v) is 5.56. The molecule has 2 heterocycles. The number of rotatable bonds is 9. The number of carbonyl (C=O) groups excluding carboxylic acids is 4. The van der Waals surface area contributed by atoms with Crippen LogP contribution in [0.25, 0.3) is 0 Å². The standard InChI is InChI=1S/C25H23BrN2O7S/c1-33-17-10-8-15(9-11-17)13-35-22(31)20-18(21(30)16-6-4-3-5-7-16)14-36-24-25(34-2,23(32)28(20)24)27-19(29)12-26/h3-11,24H,12-14H2,1-2H3,(H,27,29)/t24-,25?/m0/s1. The van der Waals surface area contributed by atoms with Crippen LogP contribution >= 0.6 is 27.7 Å². The smallest absolute Gasteiger partial charge is 0.355 e. The van der Waals surface area contributed by atoms with Crippen molar-refractivity contribution >= 4 is 51.3 Å². The molecule has 36 heavy (non-hydrogen) atoms. The molecule has 0 saturated carbocycles. The van der Waals surface area contributed by atoms with E-state index in [4.69, 9.17) is 14.2 Å². The van der Waals surface area contributed by atoms with Gasteiger partial charge >= 0.3 is 5.97 Å². The summed E-state index contributed by atoms with van der Waals surface area (Å²) in [6, 6.07) is 15.5. The van der Waals surface area contributed by atoms with Gasteiger partial charge in [-0.2, -0.15) is 0 Å². The predicted molar refractivity (Wildman–Crippen MR) is 135 cm³/mol. The molecule has 1 fully saturated rings. The number of β-lactam (4-membered cyclic amide) rings is 1. The number of benzene rings is 2. The molecule has 9 nitrogen and oxygen atoms in total. The Morgan fingerprint density at radius 2 is 1.81 bits per heavy atom. The van der Waals surface area contributed by atoms with E-state index < -0.39 is 28.9 Å². The Hall–Kier alpha value is -3.15. The largest absolute Gasteiger partial charge is 0.497 e. The van der Waals surface area contributed by atoms with E-state index in [1.807, 2.05) is 0 Å². The summed E-state index contributed by atoms with van der Waals surface area (Å²) < 4.78 is 16.1. The Morgan fingerprint density at radius 1 is 1.11 bits per heavy atom. The second kappa shape index (κ2) is 10.9. The van der Waals surface area contributed by atoms with Crippen LogP contribution in [0.1, 0.15) is 15.9 Å². The number of carbonyl (C=O) groups is 4. The van der Waals surface area contributed by atoms with Gasteiger partial charge in [0.15, 0.2) is 5.78 Å². The summed E-state index contributed by atoms with van der Waals surface area (Å²) in [4.78, 5) is 53.3. The first-order valence-corrected chi connectivity index (χ1v) is 13.0. The van der Waals surface area contributed by atoms with Crippen molar-refractivity contribution in [3.63, 3.8) is 0 Å². The van der Waals surface area contributed by atoms with Gasteiger partial charge in [0.2, 0.25) is 5.91 Å². The summed E-state index contributed by atoms with van der Waals surface area (Å²) in [6.07, 6.45) is 0. The second-order valence-corrected chi connectivity index (χ2v) is 9.54. The number of nitrogens with one attached hydrogen (secondary N) is 1. The molecule has 0 aliphatic carbocycles. The Morgan fingerprint density at radius 3 is 2.42 bits per heavy atom. The van der Waals surface area contributed by atoms with Crippen LogP contribution in [0.4, 0.5) is 0 Å². The van der Waals surface area contributed by atoms with Gasteiger partial charge < -0.3 is 19.5 Å². The van der Waals surface area contributed by atoms with E-state index in [9.17, 15) is 19.2 Å². The Bertz CT molecular complexity index is 1220. The lowest BCUT2D eigenvalue weighted by atomic mass is 9.95. The molecular formula is C25H23BrN2O7S. The number of alkyl halides is 1. The zero-order chi connectivity index (χ0) is 25.9. The van der Waals surface area contributed by atoms with Crippen molar-refractivity contribution in [3.8, 4) is 5.75 Å². The molecule has 1 unspecified atom stereocenters. The predicted octanol–water partition coefficient (Wildman–Crippen LogP) is 2.64. The third kappa shape index (κ3) is 4.65. The highest BCUT2D eigenvalue weighted by molar-refractivity contribution is 9.09. The van der Waals surface area contributed by atoms with Crippen LogP contribution in [0.15, 0.2) is 65.9 Å². The van der Waals surface area contributed by atoms with Crippen LogP contribution in [-0.4, -0.2) is 64.9 Å². The molecule has 2 aromatic carbocycles. The minimum Gasteiger partial charge on any atom is -0.497 e. The highest BCUT2D eigenvalue weighted by atomic mass is 79.9. The average molecular weight is 575 g/mol. The van der Waals surface area contributed by atoms with Crippen molar-refractivity contribution in [2.45, 2.75) is 17.7 Å². The maximum absolute atomic E-state index is 13.4. The average Bonchev–Trinajstić information content (AvgIpc) is 2.93. The molecule has 188 valence electrons. The number of nitrogens with zero attached hydrogens (tertiary/aromatic N) is 1. The molecule has 2 atom stereocenters. The number of fused-ring (bicyclic) bond motifs is 1. The topological polar surface area (TPSA) is 111 Å². The van der Waals surface area contributed by atoms with Gasteiger partial charge in [0, 0.05) is 24.0 Å². The minimum atomic E-state index is -1.65. The van der Waals surface area contributed by atoms with Gasteiger partial charge in [-0.1, -0.05) is 58.4 Å². The summed E-state index contributed by atoms with van der Waals surface area (Å²) in [5, 5.41) is 1.80. The lowest BCUT2D eigenvalue weighted by molar-refractivity contribution is -0.192. The molecule has 2 aliphatic heterocycles. The van der Waals surface area contributed by atoms with Crippen molar-refractivity contribution in [2.24, 2.45) is 0 Å². The third-order valence-electron chi connectivity index (χ3n) is 5.83. The summed E-state index contributed by atoms with van der Waals surface area (Å²) >= 11 is 4.29. The molecule has 4 rings (SSSR count). The van der Waals surface area contributed by atoms with Gasteiger partial charge in [-0.15, -0.1) is 11.8 Å². The van der Waals surface area contributed by atoms with Crippen LogP contribution < -0.4 is 10.1 Å². The van der Waals surface area contributed by atoms with Crippen LogP contribution in [0, 0.1) is 0 Å². The molecule has 11 heteroatoms. The lowest BCUT2D eigenvalue weighted by Gasteiger charge is -2.55. The van der Waals surface area contributed by atoms with Crippen molar-refractivity contribution in [3.05, 3.63) is 77.0 Å². The number of ketones is 1. The van der Waals surface area contributed by atoms with E-state index in [0.717, 1.165) is 0 Å². The van der Waals surface area contributed by atoms with Gasteiger partial charge in [0.25, 0.3) is 11.6 Å². The lowest BCUT2D eigenvalue weighted by Crippen LogP contribution is -2.80. The Labute approximate surface area is 220 Å². The van der Waals surface area contributed by atoms with E-state index in [1.165, 1.54) is 23.8 Å². The van der Waals surface area contributed by atoms with E-state index in [1.54, 1.807) is 61.7 Å². The van der Waals surface area contributed by atoms with Crippen LogP contribution in [0.2, 0.25) is 0 Å². The molecule has 2 amide bonds. The first-order chi connectivity index (χ1) is 17.4. The molecular weight excluding hydrogens is 552 g/mol. The number of esters is 1. The number of halogens is 1. The highest BCUT2D eigenvalue weighted by Crippen LogP contribution is 2.47. The zero-order valence-corrected chi connectivity index (χ0v) is 21.9. The van der Waals surface area contributed by atoms with Crippen LogP contribution in [0.5, 0.6) is 5.75 Å². The van der Waals surface area contributed by atoms with E-state index in [0.29, 0.717) is 16.9 Å². The summed E-state index contributed by atoms with van der Waals surface area (Å²) in [5.41, 5.74) is -0.573. The molecule has 0 aromatic heterocycles. The van der Waals surface area contributed by atoms with E-state index in [-0.39, 0.29) is 34.7 Å². The molecule has 0 radical (unpaired) electrons. The number of amides is 2. The molecule has 0 spiro atoms. The molecule has 1 N–H and O–H groups in total. The van der Waals surface area contributed by atoms with Crippen LogP contribution in [-0.2, 0) is 30.5 Å². The minimum absolute atomic E-state index is 0.0346. The quantitative estimate of drug-likeness (QED) is 0.160. The first kappa shape index (κ1) is 25.9.